The highest BCUT2D eigenvalue weighted by Crippen LogP contribution is 2.35. The molecule has 0 amide bonds. The Hall–Kier alpha value is -3.70. The van der Waals surface area contributed by atoms with Gasteiger partial charge in [-0.3, -0.25) is 4.79 Å². The molecule has 3 aromatic rings. The minimum atomic E-state index is -4.90. The maximum atomic E-state index is 13.8. The van der Waals surface area contributed by atoms with Crippen LogP contribution in [0.2, 0.25) is 0 Å². The normalized spacial score (nSPS) is 12.8. The van der Waals surface area contributed by atoms with Gasteiger partial charge in [0.05, 0.1) is 19.3 Å². The molecule has 1 aromatic heterocycles. The summed E-state index contributed by atoms with van der Waals surface area (Å²) >= 11 is 0. The van der Waals surface area contributed by atoms with Crippen LogP contribution in [0.1, 0.15) is 37.4 Å². The fourth-order valence-corrected chi connectivity index (χ4v) is 3.76. The molecule has 2 aromatic carbocycles. The van der Waals surface area contributed by atoms with Crippen LogP contribution >= 0.6 is 0 Å². The first-order valence-electron chi connectivity index (χ1n) is 11.2. The minimum Gasteiger partial charge on any atom is -0.493 e. The number of carboxylic acid groups (broad SMARTS) is 1. The van der Waals surface area contributed by atoms with E-state index in [-0.39, 0.29) is 36.9 Å². The number of alkyl halides is 6. The second kappa shape index (κ2) is 11.6. The van der Waals surface area contributed by atoms with Gasteiger partial charge >= 0.3 is 18.5 Å². The van der Waals surface area contributed by atoms with Crippen molar-refractivity contribution in [3.8, 4) is 22.9 Å². The number of aliphatic carboxylic acids is 1. The maximum Gasteiger partial charge on any atom is 0.573 e. The lowest BCUT2D eigenvalue weighted by atomic mass is 10.0. The number of hydrogen-bond acceptors (Lipinski definition) is 4. The van der Waals surface area contributed by atoms with E-state index in [2.05, 4.69) is 9.72 Å². The molecule has 0 bridgehead atoms. The highest BCUT2D eigenvalue weighted by Gasteiger charge is 2.36. The monoisotopic (exact) mass is 530 g/mol. The van der Waals surface area contributed by atoms with Gasteiger partial charge in [0, 0.05) is 17.5 Å². The number of ether oxygens (including phenoxy) is 2. The van der Waals surface area contributed by atoms with Crippen LogP contribution in [0.25, 0.3) is 11.4 Å². The first-order valence-corrected chi connectivity index (χ1v) is 11.2. The molecule has 0 spiro atoms. The van der Waals surface area contributed by atoms with Crippen LogP contribution in [0.15, 0.2) is 54.7 Å². The van der Waals surface area contributed by atoms with E-state index in [1.165, 1.54) is 12.1 Å². The average molecular weight is 530 g/mol. The molecule has 0 aliphatic carbocycles. The maximum absolute atomic E-state index is 13.8. The van der Waals surface area contributed by atoms with Crippen LogP contribution in [0.3, 0.4) is 0 Å². The summed E-state index contributed by atoms with van der Waals surface area (Å²) in [5.74, 6) is -1.19. The molecule has 0 unspecified atom stereocenters. The van der Waals surface area contributed by atoms with Gasteiger partial charge in [0.15, 0.2) is 0 Å². The molecule has 1 heterocycles. The van der Waals surface area contributed by atoms with Crippen molar-refractivity contribution in [3.05, 3.63) is 66.0 Å². The Labute approximate surface area is 208 Å². The van der Waals surface area contributed by atoms with Gasteiger partial charge < -0.3 is 19.1 Å². The SMILES string of the molecule is C[C@H](CCCOc1ccccc1Cn1c(C(F)(F)F)cnc1-c1ccc(OC(F)(F)F)cc1)CC(=O)O. The molecule has 0 fully saturated rings. The number of benzene rings is 2. The molecule has 0 saturated carbocycles. The molecule has 0 aliphatic heterocycles. The second-order valence-corrected chi connectivity index (χ2v) is 8.42. The number of carboxylic acids is 1. The van der Waals surface area contributed by atoms with Gasteiger partial charge in [0.2, 0.25) is 0 Å². The van der Waals surface area contributed by atoms with Gasteiger partial charge in [0.25, 0.3) is 0 Å². The zero-order chi connectivity index (χ0) is 27.2. The summed E-state index contributed by atoms with van der Waals surface area (Å²) in [7, 11) is 0. The van der Waals surface area contributed by atoms with E-state index in [1.54, 1.807) is 24.3 Å². The van der Waals surface area contributed by atoms with Crippen LogP contribution in [0.5, 0.6) is 11.5 Å². The Morgan fingerprint density at radius 1 is 1.05 bits per heavy atom. The third-order valence-corrected chi connectivity index (χ3v) is 5.42. The van der Waals surface area contributed by atoms with Gasteiger partial charge in [-0.15, -0.1) is 13.2 Å². The van der Waals surface area contributed by atoms with Crippen LogP contribution in [0.4, 0.5) is 26.3 Å². The van der Waals surface area contributed by atoms with Crippen molar-refractivity contribution in [2.75, 3.05) is 6.61 Å². The molecule has 0 aliphatic rings. The van der Waals surface area contributed by atoms with E-state index < -0.39 is 30.0 Å². The molecule has 3 rings (SSSR count). The van der Waals surface area contributed by atoms with Crippen molar-refractivity contribution in [2.24, 2.45) is 5.92 Å². The minimum absolute atomic E-state index is 0.0313. The first kappa shape index (κ1) is 27.9. The van der Waals surface area contributed by atoms with E-state index in [9.17, 15) is 31.1 Å². The Morgan fingerprint density at radius 2 is 1.73 bits per heavy atom. The zero-order valence-electron chi connectivity index (χ0n) is 19.6. The van der Waals surface area contributed by atoms with Crippen LogP contribution in [-0.2, 0) is 17.5 Å². The Bertz CT molecular complexity index is 1190. The van der Waals surface area contributed by atoms with E-state index in [4.69, 9.17) is 9.84 Å². The Balaban J connectivity index is 1.83. The van der Waals surface area contributed by atoms with E-state index in [0.29, 0.717) is 30.4 Å². The molecule has 12 heteroatoms. The largest absolute Gasteiger partial charge is 0.573 e. The summed E-state index contributed by atoms with van der Waals surface area (Å²) < 4.78 is 89.2. The summed E-state index contributed by atoms with van der Waals surface area (Å²) in [5.41, 5.74) is -0.436. The average Bonchev–Trinajstić information content (AvgIpc) is 3.21. The molecule has 1 N–H and O–H groups in total. The Morgan fingerprint density at radius 3 is 2.35 bits per heavy atom. The number of imidazole rings is 1. The summed E-state index contributed by atoms with van der Waals surface area (Å²) in [5, 5.41) is 8.85. The molecule has 0 radical (unpaired) electrons. The number of aromatic nitrogens is 2. The number of halogens is 6. The van der Waals surface area contributed by atoms with E-state index >= 15 is 0 Å². The first-order chi connectivity index (χ1) is 17.3. The van der Waals surface area contributed by atoms with Crippen LogP contribution < -0.4 is 9.47 Å². The topological polar surface area (TPSA) is 73.6 Å². The van der Waals surface area contributed by atoms with Crippen LogP contribution in [-0.4, -0.2) is 33.6 Å². The predicted octanol–water partition coefficient (Wildman–Crippen LogP) is 6.79. The summed E-state index contributed by atoms with van der Waals surface area (Å²) in [6.45, 7) is 1.78. The number of rotatable bonds is 11. The summed E-state index contributed by atoms with van der Waals surface area (Å²) in [4.78, 5) is 14.7. The quantitative estimate of drug-likeness (QED) is 0.218. The number of para-hydroxylation sites is 1. The van der Waals surface area contributed by atoms with E-state index in [1.807, 2.05) is 6.92 Å². The van der Waals surface area contributed by atoms with Gasteiger partial charge in [-0.1, -0.05) is 25.1 Å². The smallest absolute Gasteiger partial charge is 0.493 e. The van der Waals surface area contributed by atoms with Gasteiger partial charge in [0.1, 0.15) is 23.0 Å². The number of hydrogen-bond donors (Lipinski definition) is 1. The van der Waals surface area contributed by atoms with Crippen molar-refractivity contribution in [1.29, 1.82) is 0 Å². The fourth-order valence-electron chi connectivity index (χ4n) is 3.76. The van der Waals surface area contributed by atoms with Gasteiger partial charge in [-0.2, -0.15) is 13.2 Å². The molecule has 6 nitrogen and oxygen atoms in total. The van der Waals surface area contributed by atoms with Crippen molar-refractivity contribution in [3.63, 3.8) is 0 Å². The van der Waals surface area contributed by atoms with E-state index in [0.717, 1.165) is 16.7 Å². The van der Waals surface area contributed by atoms with Crippen molar-refractivity contribution in [2.45, 2.75) is 45.3 Å². The zero-order valence-corrected chi connectivity index (χ0v) is 19.6. The molecule has 0 saturated heterocycles. The lowest BCUT2D eigenvalue weighted by Gasteiger charge is -2.17. The molecule has 37 heavy (non-hydrogen) atoms. The Kier molecular flexibility index (Phi) is 8.72. The van der Waals surface area contributed by atoms with Crippen molar-refractivity contribution >= 4 is 5.97 Å². The van der Waals surface area contributed by atoms with Gasteiger partial charge in [-0.25, -0.2) is 4.98 Å². The predicted molar refractivity (Wildman–Crippen MR) is 121 cm³/mol. The third kappa shape index (κ3) is 8.16. The molecule has 1 atom stereocenters. The van der Waals surface area contributed by atoms with Gasteiger partial charge in [-0.05, 0) is 49.1 Å². The van der Waals surface area contributed by atoms with Crippen molar-refractivity contribution in [1.82, 2.24) is 9.55 Å². The van der Waals surface area contributed by atoms with Crippen molar-refractivity contribution < 1.29 is 45.7 Å². The lowest BCUT2D eigenvalue weighted by Crippen LogP contribution is -2.17. The number of carbonyl (C=O) groups is 1. The highest BCUT2D eigenvalue weighted by molar-refractivity contribution is 5.66. The second-order valence-electron chi connectivity index (χ2n) is 8.42. The standard InChI is InChI=1S/C25H24F6N2O4/c1-16(13-22(34)35)5-4-12-36-20-7-3-2-6-18(20)15-33-21(24(26,27)28)14-32-23(33)17-8-10-19(11-9-17)37-25(29,30)31/h2-3,6-11,14,16H,4-5,12-13,15H2,1H3,(H,34,35)/t16-/m1/s1. The lowest BCUT2D eigenvalue weighted by molar-refractivity contribution is -0.274. The summed E-state index contributed by atoms with van der Waals surface area (Å²) in [6.07, 6.45) is -7.78. The molecule has 200 valence electrons. The summed E-state index contributed by atoms with van der Waals surface area (Å²) in [6, 6.07) is 10.9. The molecular weight excluding hydrogens is 506 g/mol. The number of nitrogens with zero attached hydrogens (tertiary/aromatic N) is 2. The molecular formula is C25H24F6N2O4. The highest BCUT2D eigenvalue weighted by atomic mass is 19.4. The third-order valence-electron chi connectivity index (χ3n) is 5.42. The van der Waals surface area contributed by atoms with Crippen LogP contribution in [0, 0.1) is 5.92 Å². The fraction of sp³-hybridized carbons (Fsp3) is 0.360.